The van der Waals surface area contributed by atoms with Crippen LogP contribution in [0, 0.1) is 0 Å². The fourth-order valence-electron chi connectivity index (χ4n) is 4.38. The number of aromatic hydroxyl groups is 2. The summed E-state index contributed by atoms with van der Waals surface area (Å²) in [5.74, 6) is 1.27. The third kappa shape index (κ3) is 4.79. The van der Waals surface area contributed by atoms with Gasteiger partial charge in [-0.15, -0.1) is 0 Å². The number of phenolic OH excluding ortho intramolecular Hbond substituents is 2. The summed E-state index contributed by atoms with van der Waals surface area (Å²) in [6.45, 7) is 6.72. The molecule has 2 N–H and O–H groups in total. The third-order valence-corrected chi connectivity index (χ3v) is 6.28. The smallest absolute Gasteiger partial charge is 0.119 e. The Morgan fingerprint density at radius 3 is 2.39 bits per heavy atom. The number of phenols is 2. The zero-order chi connectivity index (χ0) is 20.1. The molecule has 1 aliphatic rings. The van der Waals surface area contributed by atoms with Crippen molar-refractivity contribution < 1.29 is 10.2 Å². The summed E-state index contributed by atoms with van der Waals surface area (Å²) in [5, 5.41) is 20.0. The largest absolute Gasteiger partial charge is 0.508 e. The molecule has 2 nitrogen and oxygen atoms in total. The molecule has 0 aliphatic heterocycles. The Balaban J connectivity index is 1.76. The lowest BCUT2D eigenvalue weighted by atomic mass is 9.77. The first-order valence-corrected chi connectivity index (χ1v) is 10.7. The molecule has 2 heteroatoms. The zero-order valence-electron chi connectivity index (χ0n) is 17.5. The molecule has 1 unspecified atom stereocenters. The topological polar surface area (TPSA) is 40.5 Å². The number of hydrogen-bond donors (Lipinski definition) is 2. The summed E-state index contributed by atoms with van der Waals surface area (Å²) in [5.41, 5.74) is 5.00. The van der Waals surface area contributed by atoms with Crippen molar-refractivity contribution in [1.29, 1.82) is 0 Å². The average molecular weight is 379 g/mol. The molecule has 0 fully saturated rings. The predicted molar refractivity (Wildman–Crippen MR) is 118 cm³/mol. The quantitative estimate of drug-likeness (QED) is 0.496. The molecule has 150 valence electrons. The number of unbranched alkanes of at least 4 members (excludes halogenated alkanes) is 2. The standard InChI is InChI=1S/C26H34O2/c1-4-5-6-17-26(2,3)24-18-22(13-16-25(24)28)21-9-7-19(8-10-21)20-11-14-23(27)15-12-20/h9,11-16,18-19,27-28H,4-8,10,17H2,1-3H3. The molecule has 2 aromatic rings. The third-order valence-electron chi connectivity index (χ3n) is 6.28. The first-order chi connectivity index (χ1) is 13.4. The minimum Gasteiger partial charge on any atom is -0.508 e. The maximum absolute atomic E-state index is 10.5. The van der Waals surface area contributed by atoms with Crippen LogP contribution < -0.4 is 0 Å². The average Bonchev–Trinajstić information content (AvgIpc) is 2.69. The van der Waals surface area contributed by atoms with Crippen molar-refractivity contribution in [2.45, 2.75) is 77.0 Å². The lowest BCUT2D eigenvalue weighted by Crippen LogP contribution is -2.17. The summed E-state index contributed by atoms with van der Waals surface area (Å²) < 4.78 is 0. The second kappa shape index (κ2) is 8.86. The van der Waals surface area contributed by atoms with Crippen LogP contribution in [0.2, 0.25) is 0 Å². The molecule has 2 aromatic carbocycles. The van der Waals surface area contributed by atoms with Crippen LogP contribution in [0.4, 0.5) is 0 Å². The minimum atomic E-state index is -0.0148. The van der Waals surface area contributed by atoms with Gasteiger partial charge in [0.25, 0.3) is 0 Å². The van der Waals surface area contributed by atoms with Crippen LogP contribution in [-0.2, 0) is 5.41 Å². The van der Waals surface area contributed by atoms with E-state index < -0.39 is 0 Å². The number of benzene rings is 2. The van der Waals surface area contributed by atoms with Gasteiger partial charge >= 0.3 is 0 Å². The highest BCUT2D eigenvalue weighted by Gasteiger charge is 2.25. The highest BCUT2D eigenvalue weighted by Crippen LogP contribution is 2.40. The molecule has 0 radical (unpaired) electrons. The van der Waals surface area contributed by atoms with E-state index in [1.165, 1.54) is 36.0 Å². The Labute approximate surface area is 169 Å². The molecule has 0 aromatic heterocycles. The number of allylic oxidation sites excluding steroid dienone is 2. The van der Waals surface area contributed by atoms with Crippen LogP contribution in [0.15, 0.2) is 48.5 Å². The lowest BCUT2D eigenvalue weighted by molar-refractivity contribution is 0.408. The second-order valence-corrected chi connectivity index (χ2v) is 8.87. The van der Waals surface area contributed by atoms with Crippen LogP contribution in [-0.4, -0.2) is 10.2 Å². The molecule has 1 atom stereocenters. The monoisotopic (exact) mass is 378 g/mol. The van der Waals surface area contributed by atoms with Crippen molar-refractivity contribution in [3.63, 3.8) is 0 Å². The van der Waals surface area contributed by atoms with Gasteiger partial charge in [-0.3, -0.25) is 0 Å². The maximum Gasteiger partial charge on any atom is 0.119 e. The summed E-state index contributed by atoms with van der Waals surface area (Å²) in [6.07, 6.45) is 10.3. The Morgan fingerprint density at radius 2 is 1.75 bits per heavy atom. The molecule has 1 aliphatic carbocycles. The van der Waals surface area contributed by atoms with Gasteiger partial charge in [-0.25, -0.2) is 0 Å². The number of hydrogen-bond acceptors (Lipinski definition) is 2. The molecule has 0 amide bonds. The van der Waals surface area contributed by atoms with E-state index in [1.807, 2.05) is 18.2 Å². The summed E-state index contributed by atoms with van der Waals surface area (Å²) in [6, 6.07) is 13.8. The van der Waals surface area contributed by atoms with E-state index in [1.54, 1.807) is 12.1 Å². The Kier molecular flexibility index (Phi) is 6.49. The Bertz CT molecular complexity index is 815. The van der Waals surface area contributed by atoms with Gasteiger partial charge in [0, 0.05) is 5.56 Å². The SMILES string of the molecule is CCCCCC(C)(C)c1cc(C2=CCC(c3ccc(O)cc3)CC2)ccc1O. The van der Waals surface area contributed by atoms with Crippen LogP contribution >= 0.6 is 0 Å². The van der Waals surface area contributed by atoms with Gasteiger partial charge in [0.15, 0.2) is 0 Å². The lowest BCUT2D eigenvalue weighted by Gasteiger charge is -2.28. The number of rotatable bonds is 7. The van der Waals surface area contributed by atoms with Gasteiger partial charge in [-0.05, 0) is 78.0 Å². The van der Waals surface area contributed by atoms with E-state index in [-0.39, 0.29) is 5.41 Å². The molecule has 0 saturated heterocycles. The fraction of sp³-hybridized carbons (Fsp3) is 0.462. The van der Waals surface area contributed by atoms with E-state index in [0.717, 1.165) is 31.2 Å². The highest BCUT2D eigenvalue weighted by molar-refractivity contribution is 5.68. The van der Waals surface area contributed by atoms with Crippen LogP contribution in [0.25, 0.3) is 5.57 Å². The second-order valence-electron chi connectivity index (χ2n) is 8.87. The molecule has 0 bridgehead atoms. The zero-order valence-corrected chi connectivity index (χ0v) is 17.5. The van der Waals surface area contributed by atoms with Gasteiger partial charge in [0.05, 0.1) is 0 Å². The molecule has 3 rings (SSSR count). The van der Waals surface area contributed by atoms with Crippen molar-refractivity contribution in [3.8, 4) is 11.5 Å². The summed E-state index contributed by atoms with van der Waals surface area (Å²) >= 11 is 0. The van der Waals surface area contributed by atoms with Crippen LogP contribution in [0.5, 0.6) is 11.5 Å². The van der Waals surface area contributed by atoms with Gasteiger partial charge < -0.3 is 10.2 Å². The van der Waals surface area contributed by atoms with E-state index in [0.29, 0.717) is 17.4 Å². The normalized spacial score (nSPS) is 17.4. The van der Waals surface area contributed by atoms with Crippen molar-refractivity contribution in [2.75, 3.05) is 0 Å². The van der Waals surface area contributed by atoms with Crippen molar-refractivity contribution >= 4 is 5.57 Å². The molecule has 0 saturated carbocycles. The summed E-state index contributed by atoms with van der Waals surface area (Å²) in [7, 11) is 0. The van der Waals surface area contributed by atoms with E-state index in [4.69, 9.17) is 0 Å². The van der Waals surface area contributed by atoms with Crippen LogP contribution in [0.1, 0.15) is 88.3 Å². The predicted octanol–water partition coefficient (Wildman–Crippen LogP) is 7.31. The van der Waals surface area contributed by atoms with Gasteiger partial charge in [0.1, 0.15) is 11.5 Å². The van der Waals surface area contributed by atoms with E-state index >= 15 is 0 Å². The molecule has 28 heavy (non-hydrogen) atoms. The molecular formula is C26H34O2. The maximum atomic E-state index is 10.5. The first-order valence-electron chi connectivity index (χ1n) is 10.7. The molecular weight excluding hydrogens is 344 g/mol. The minimum absolute atomic E-state index is 0.0148. The van der Waals surface area contributed by atoms with Gasteiger partial charge in [-0.2, -0.15) is 0 Å². The van der Waals surface area contributed by atoms with Gasteiger partial charge in [-0.1, -0.05) is 64.3 Å². The van der Waals surface area contributed by atoms with Crippen molar-refractivity contribution in [3.05, 3.63) is 65.2 Å². The van der Waals surface area contributed by atoms with E-state index in [9.17, 15) is 10.2 Å². The van der Waals surface area contributed by atoms with Crippen molar-refractivity contribution in [1.82, 2.24) is 0 Å². The van der Waals surface area contributed by atoms with Crippen molar-refractivity contribution in [2.24, 2.45) is 0 Å². The van der Waals surface area contributed by atoms with Crippen LogP contribution in [0.3, 0.4) is 0 Å². The highest BCUT2D eigenvalue weighted by atomic mass is 16.3. The Morgan fingerprint density at radius 1 is 1.00 bits per heavy atom. The fourth-order valence-corrected chi connectivity index (χ4v) is 4.38. The summed E-state index contributed by atoms with van der Waals surface area (Å²) in [4.78, 5) is 0. The first kappa shape index (κ1) is 20.5. The molecule has 0 spiro atoms. The molecule has 0 heterocycles. The van der Waals surface area contributed by atoms with E-state index in [2.05, 4.69) is 39.0 Å². The Hall–Kier alpha value is -2.22. The van der Waals surface area contributed by atoms with Gasteiger partial charge in [0.2, 0.25) is 0 Å².